The van der Waals surface area contributed by atoms with Crippen LogP contribution < -0.4 is 0 Å². The van der Waals surface area contributed by atoms with Crippen LogP contribution in [0.2, 0.25) is 0 Å². The van der Waals surface area contributed by atoms with E-state index in [1.54, 1.807) is 0 Å². The summed E-state index contributed by atoms with van der Waals surface area (Å²) in [6.07, 6.45) is 0. The van der Waals surface area contributed by atoms with Gasteiger partial charge in [0, 0.05) is 27.3 Å². The van der Waals surface area contributed by atoms with Gasteiger partial charge < -0.3 is 0 Å². The minimum Gasteiger partial charge on any atom is -0.283 e. The quantitative estimate of drug-likeness (QED) is 0.492. The average molecular weight is 171 g/mol. The van der Waals surface area contributed by atoms with Crippen molar-refractivity contribution in [2.24, 2.45) is 0 Å². The van der Waals surface area contributed by atoms with Gasteiger partial charge in [-0.2, -0.15) is 8.42 Å². The van der Waals surface area contributed by atoms with Gasteiger partial charge >= 0.3 is 0 Å². The highest BCUT2D eigenvalue weighted by Crippen LogP contribution is 2.47. The van der Waals surface area contributed by atoms with Crippen LogP contribution in [0.4, 0.5) is 0 Å². The Morgan fingerprint density at radius 3 is 1.67 bits per heavy atom. The highest BCUT2D eigenvalue weighted by Gasteiger charge is 2.25. The molecule has 9 heavy (non-hydrogen) atoms. The Hall–Kier alpha value is 0.340. The van der Waals surface area contributed by atoms with Gasteiger partial charge in [-0.25, -0.2) is 0 Å². The Bertz CT molecular complexity index is 176. The highest BCUT2D eigenvalue weighted by molar-refractivity contribution is 7.97. The van der Waals surface area contributed by atoms with Crippen molar-refractivity contribution >= 4 is 17.4 Å². The summed E-state index contributed by atoms with van der Waals surface area (Å²) in [5, 5.41) is 0. The van der Waals surface area contributed by atoms with Crippen LogP contribution in [0.3, 0.4) is 0 Å². The average Bonchev–Trinajstić information content (AvgIpc) is 1.14. The van der Waals surface area contributed by atoms with Gasteiger partial charge in [0.25, 0.3) is 10.1 Å². The lowest BCUT2D eigenvalue weighted by Gasteiger charge is -2.07. The van der Waals surface area contributed by atoms with E-state index in [0.717, 1.165) is 0 Å². The molecular formula is C4H12O3PS+. The predicted molar refractivity (Wildman–Crippen MR) is 41.1 cm³/mol. The molecule has 0 unspecified atom stereocenters. The smallest absolute Gasteiger partial charge is 0.283 e. The van der Waals surface area contributed by atoms with E-state index in [1.807, 2.05) is 20.0 Å². The maximum absolute atomic E-state index is 10.2. The van der Waals surface area contributed by atoms with E-state index in [0.29, 0.717) is 0 Å². The van der Waals surface area contributed by atoms with Gasteiger partial charge in [0.1, 0.15) is 0 Å². The Labute approximate surface area is 56.5 Å². The molecule has 3 nitrogen and oxygen atoms in total. The first-order valence-corrected chi connectivity index (χ1v) is 7.39. The largest absolute Gasteiger partial charge is 0.299 e. The fourth-order valence-corrected chi connectivity index (χ4v) is 4.40. The predicted octanol–water partition coefficient (Wildman–Crippen LogP) is 0.739. The summed E-state index contributed by atoms with van der Waals surface area (Å²) in [5.41, 5.74) is -0.0694. The number of rotatable bonds is 2. The van der Waals surface area contributed by atoms with E-state index >= 15 is 0 Å². The van der Waals surface area contributed by atoms with Crippen molar-refractivity contribution < 1.29 is 13.0 Å². The van der Waals surface area contributed by atoms with Gasteiger partial charge in [-0.15, -0.1) is 0 Å². The van der Waals surface area contributed by atoms with Gasteiger partial charge in [0.05, 0.1) is 0 Å². The van der Waals surface area contributed by atoms with Crippen LogP contribution >= 0.6 is 7.26 Å². The van der Waals surface area contributed by atoms with Crippen LogP contribution in [0.5, 0.6) is 0 Å². The molecule has 0 bridgehead atoms. The second-order valence-electron chi connectivity index (χ2n) is 3.00. The minimum absolute atomic E-state index is 0.0694. The molecule has 0 rings (SSSR count). The summed E-state index contributed by atoms with van der Waals surface area (Å²) in [5.74, 6) is 0. The lowest BCUT2D eigenvalue weighted by molar-refractivity contribution is 0.488. The van der Waals surface area contributed by atoms with Gasteiger partial charge in [-0.05, 0) is 0 Å². The topological polar surface area (TPSA) is 54.4 Å². The molecule has 0 heterocycles. The fourth-order valence-electron chi connectivity index (χ4n) is 0.489. The van der Waals surface area contributed by atoms with E-state index in [1.165, 1.54) is 0 Å². The van der Waals surface area contributed by atoms with Crippen molar-refractivity contribution in [3.05, 3.63) is 0 Å². The molecule has 0 saturated heterocycles. The second kappa shape index (κ2) is 2.52. The number of hydrogen-bond acceptors (Lipinski definition) is 2. The summed E-state index contributed by atoms with van der Waals surface area (Å²) in [4.78, 5) is 0. The molecule has 5 heteroatoms. The zero-order chi connectivity index (χ0) is 7.71. The van der Waals surface area contributed by atoms with E-state index in [4.69, 9.17) is 4.55 Å². The van der Waals surface area contributed by atoms with Crippen LogP contribution in [0.25, 0.3) is 0 Å². The molecule has 0 spiro atoms. The van der Waals surface area contributed by atoms with Gasteiger partial charge in [-0.3, -0.25) is 4.55 Å². The molecule has 0 atom stereocenters. The fraction of sp³-hybridized carbons (Fsp3) is 1.00. The van der Waals surface area contributed by atoms with E-state index in [-0.39, 0.29) is 5.49 Å². The Morgan fingerprint density at radius 2 is 1.67 bits per heavy atom. The maximum atomic E-state index is 10.2. The summed E-state index contributed by atoms with van der Waals surface area (Å²) in [6, 6.07) is 0. The van der Waals surface area contributed by atoms with Crippen LogP contribution in [0.1, 0.15) is 0 Å². The summed E-state index contributed by atoms with van der Waals surface area (Å²) in [6.45, 7) is 5.59. The molecule has 0 aromatic heterocycles. The zero-order valence-electron chi connectivity index (χ0n) is 5.83. The molecule has 0 radical (unpaired) electrons. The van der Waals surface area contributed by atoms with Crippen molar-refractivity contribution in [3.8, 4) is 0 Å². The molecule has 0 aliphatic carbocycles. The van der Waals surface area contributed by atoms with Crippen LogP contribution in [0.15, 0.2) is 0 Å². The first-order chi connectivity index (χ1) is 3.71. The third-order valence-electron chi connectivity index (χ3n) is 0.550. The van der Waals surface area contributed by atoms with Crippen molar-refractivity contribution in [3.63, 3.8) is 0 Å². The molecule has 0 aliphatic rings. The van der Waals surface area contributed by atoms with Gasteiger partial charge in [0.15, 0.2) is 5.49 Å². The first-order valence-electron chi connectivity index (χ1n) is 2.46. The van der Waals surface area contributed by atoms with Gasteiger partial charge in [-0.1, -0.05) is 0 Å². The van der Waals surface area contributed by atoms with Crippen LogP contribution in [-0.4, -0.2) is 38.5 Å². The minimum atomic E-state index is -3.73. The van der Waals surface area contributed by atoms with E-state index < -0.39 is 17.4 Å². The van der Waals surface area contributed by atoms with Crippen molar-refractivity contribution in [2.75, 3.05) is 25.5 Å². The maximum Gasteiger partial charge on any atom is 0.299 e. The molecule has 0 aromatic rings. The highest BCUT2D eigenvalue weighted by atomic mass is 32.2. The van der Waals surface area contributed by atoms with Crippen molar-refractivity contribution in [1.29, 1.82) is 0 Å². The standard InChI is InChI=1S/C4H11O3PS/c1-8(2,3)4-9(5,6)7/h4H2,1-3H3/p+1. The van der Waals surface area contributed by atoms with Gasteiger partial charge in [0.2, 0.25) is 0 Å². The van der Waals surface area contributed by atoms with Crippen molar-refractivity contribution in [1.82, 2.24) is 0 Å². The molecule has 0 fully saturated rings. The third-order valence-corrected chi connectivity index (χ3v) is 4.95. The Balaban J connectivity index is 4.07. The third kappa shape index (κ3) is 8.34. The molecular weight excluding hydrogens is 159 g/mol. The molecule has 0 amide bonds. The molecule has 0 saturated carbocycles. The monoisotopic (exact) mass is 171 g/mol. The molecule has 1 N–H and O–H groups in total. The summed E-state index contributed by atoms with van der Waals surface area (Å²) >= 11 is 0. The summed E-state index contributed by atoms with van der Waals surface area (Å²) < 4.78 is 28.8. The molecule has 0 aliphatic heterocycles. The Morgan fingerprint density at radius 1 is 1.33 bits per heavy atom. The van der Waals surface area contributed by atoms with E-state index in [2.05, 4.69) is 0 Å². The van der Waals surface area contributed by atoms with E-state index in [9.17, 15) is 8.42 Å². The lowest BCUT2D eigenvalue weighted by atomic mass is 11.8. The Kier molecular flexibility index (Phi) is 2.62. The number of hydrogen-bond donors (Lipinski definition) is 1. The normalized spacial score (nSPS) is 13.8. The SMILES string of the molecule is C[P+](C)(C)CS(=O)(=O)O. The zero-order valence-corrected chi connectivity index (χ0v) is 7.54. The van der Waals surface area contributed by atoms with Crippen LogP contribution in [-0.2, 0) is 10.1 Å². The van der Waals surface area contributed by atoms with Crippen LogP contribution in [0, 0.1) is 0 Å². The molecule has 0 aromatic carbocycles. The second-order valence-corrected chi connectivity index (χ2v) is 9.78. The molecule has 56 valence electrons. The van der Waals surface area contributed by atoms with Crippen molar-refractivity contribution in [2.45, 2.75) is 0 Å². The first kappa shape index (κ1) is 9.34. The summed E-state index contributed by atoms with van der Waals surface area (Å²) in [7, 11) is -5.11. The lowest BCUT2D eigenvalue weighted by Crippen LogP contribution is -2.06.